The summed E-state index contributed by atoms with van der Waals surface area (Å²) >= 11 is 1.71. The molecule has 1 amide bonds. The number of hydrogen-bond acceptors (Lipinski definition) is 6. The Kier molecular flexibility index (Phi) is 7.11. The summed E-state index contributed by atoms with van der Waals surface area (Å²) in [4.78, 5) is 25.9. The van der Waals surface area contributed by atoms with Crippen LogP contribution in [0.4, 0.5) is 0 Å². The highest BCUT2D eigenvalue weighted by Crippen LogP contribution is 2.32. The highest BCUT2D eigenvalue weighted by Gasteiger charge is 2.26. The van der Waals surface area contributed by atoms with Crippen molar-refractivity contribution >= 4 is 28.1 Å². The zero-order valence-corrected chi connectivity index (χ0v) is 20.9. The Morgan fingerprint density at radius 1 is 1.21 bits per heavy atom. The fourth-order valence-electron chi connectivity index (χ4n) is 5.19. The molecule has 1 aliphatic carbocycles. The smallest absolute Gasteiger partial charge is 0.273 e. The van der Waals surface area contributed by atoms with Gasteiger partial charge in [0.2, 0.25) is 0 Å². The van der Waals surface area contributed by atoms with E-state index in [1.54, 1.807) is 17.5 Å². The molecular weight excluding hydrogens is 444 g/mol. The average molecular weight is 479 g/mol. The molecule has 0 radical (unpaired) electrons. The molecule has 0 spiro atoms. The number of rotatable bonds is 7. The first-order valence-corrected chi connectivity index (χ1v) is 13.4. The van der Waals surface area contributed by atoms with E-state index in [4.69, 9.17) is 4.74 Å². The van der Waals surface area contributed by atoms with Crippen LogP contribution in [0.2, 0.25) is 0 Å². The van der Waals surface area contributed by atoms with E-state index in [0.717, 1.165) is 66.5 Å². The predicted molar refractivity (Wildman–Crippen MR) is 136 cm³/mol. The van der Waals surface area contributed by atoms with Crippen LogP contribution in [0.1, 0.15) is 66.9 Å². The minimum absolute atomic E-state index is 0.0246. The second kappa shape index (κ2) is 10.4. The standard InChI is InChI=1S/C27H34N4O2S/c1-18(2)33-27-30-24-13-16-31(17-25(24)34-27)15-12-19-8-10-20(11-9-19)29-26(32)22-5-3-7-23-21(22)6-4-14-28-23/h3-7,14,18-20H,8-13,15-17H2,1-2H3,(H,29,32). The molecule has 3 heterocycles. The van der Waals surface area contributed by atoms with Gasteiger partial charge in [0.15, 0.2) is 0 Å². The molecule has 5 rings (SSSR count). The fourth-order valence-corrected chi connectivity index (χ4v) is 6.31. The van der Waals surface area contributed by atoms with E-state index in [-0.39, 0.29) is 18.1 Å². The molecule has 7 heteroatoms. The topological polar surface area (TPSA) is 67.3 Å². The van der Waals surface area contributed by atoms with Crippen molar-refractivity contribution in [3.63, 3.8) is 0 Å². The van der Waals surface area contributed by atoms with E-state index < -0.39 is 0 Å². The Morgan fingerprint density at radius 3 is 2.88 bits per heavy atom. The van der Waals surface area contributed by atoms with E-state index in [0.29, 0.717) is 0 Å². The zero-order chi connectivity index (χ0) is 23.5. The van der Waals surface area contributed by atoms with Gasteiger partial charge in [-0.15, -0.1) is 0 Å². The lowest BCUT2D eigenvalue weighted by Crippen LogP contribution is -2.38. The van der Waals surface area contributed by atoms with Gasteiger partial charge < -0.3 is 10.1 Å². The second-order valence-corrected chi connectivity index (χ2v) is 10.9. The number of hydrogen-bond donors (Lipinski definition) is 1. The quantitative estimate of drug-likeness (QED) is 0.505. The van der Waals surface area contributed by atoms with Crippen molar-refractivity contribution in [2.75, 3.05) is 13.1 Å². The minimum Gasteiger partial charge on any atom is -0.467 e. The third-order valence-corrected chi connectivity index (χ3v) is 8.03. The average Bonchev–Trinajstić information content (AvgIpc) is 3.24. The Bertz CT molecular complexity index is 1130. The molecule has 0 atom stereocenters. The summed E-state index contributed by atoms with van der Waals surface area (Å²) < 4.78 is 5.80. The highest BCUT2D eigenvalue weighted by atomic mass is 32.1. The Morgan fingerprint density at radius 2 is 2.06 bits per heavy atom. The summed E-state index contributed by atoms with van der Waals surface area (Å²) in [6, 6.07) is 9.90. The molecule has 1 N–H and O–H groups in total. The van der Waals surface area contributed by atoms with Gasteiger partial charge in [-0.1, -0.05) is 23.5 Å². The van der Waals surface area contributed by atoms with Crippen LogP contribution in [-0.4, -0.2) is 46.0 Å². The molecule has 1 saturated carbocycles. The lowest BCUT2D eigenvalue weighted by Gasteiger charge is -2.32. The van der Waals surface area contributed by atoms with Crippen LogP contribution in [0.5, 0.6) is 5.19 Å². The third-order valence-electron chi connectivity index (χ3n) is 7.05. The van der Waals surface area contributed by atoms with Gasteiger partial charge in [-0.3, -0.25) is 14.7 Å². The molecule has 1 aromatic carbocycles. The molecule has 1 aliphatic heterocycles. The molecule has 0 saturated heterocycles. The maximum absolute atomic E-state index is 12.9. The SMILES string of the molecule is CC(C)Oc1nc2c(s1)CN(CCC1CCC(NC(=O)c3cccc4ncccc34)CC1)CC2. The predicted octanol–water partition coefficient (Wildman–Crippen LogP) is 5.22. The van der Waals surface area contributed by atoms with Gasteiger partial charge in [0.1, 0.15) is 0 Å². The summed E-state index contributed by atoms with van der Waals surface area (Å²) in [6.07, 6.45) is 8.71. The number of fused-ring (bicyclic) bond motifs is 2. The van der Waals surface area contributed by atoms with Crippen LogP contribution >= 0.6 is 11.3 Å². The van der Waals surface area contributed by atoms with Gasteiger partial charge in [-0.25, -0.2) is 4.98 Å². The number of amides is 1. The number of carbonyl (C=O) groups is 1. The van der Waals surface area contributed by atoms with Crippen LogP contribution in [0.3, 0.4) is 0 Å². The van der Waals surface area contributed by atoms with Gasteiger partial charge >= 0.3 is 0 Å². The Labute approximate surface area is 205 Å². The van der Waals surface area contributed by atoms with Gasteiger partial charge in [0.05, 0.1) is 17.3 Å². The fraction of sp³-hybridized carbons (Fsp3) is 0.519. The molecule has 3 aromatic rings. The van der Waals surface area contributed by atoms with Crippen molar-refractivity contribution in [3.8, 4) is 5.19 Å². The molecule has 180 valence electrons. The Balaban J connectivity index is 1.08. The number of carbonyl (C=O) groups excluding carboxylic acids is 1. The van der Waals surface area contributed by atoms with E-state index in [1.807, 2.05) is 44.2 Å². The molecule has 0 bridgehead atoms. The normalized spacial score (nSPS) is 20.9. The van der Waals surface area contributed by atoms with Crippen LogP contribution in [0.25, 0.3) is 10.9 Å². The van der Waals surface area contributed by atoms with Crippen molar-refractivity contribution in [3.05, 3.63) is 52.7 Å². The van der Waals surface area contributed by atoms with Crippen molar-refractivity contribution in [2.24, 2.45) is 5.92 Å². The molecule has 2 aromatic heterocycles. The monoisotopic (exact) mass is 478 g/mol. The van der Waals surface area contributed by atoms with E-state index in [2.05, 4.69) is 20.2 Å². The first kappa shape index (κ1) is 23.2. The largest absolute Gasteiger partial charge is 0.467 e. The van der Waals surface area contributed by atoms with E-state index in [9.17, 15) is 4.79 Å². The minimum atomic E-state index is 0.0246. The Hall–Kier alpha value is -2.51. The maximum Gasteiger partial charge on any atom is 0.273 e. The summed E-state index contributed by atoms with van der Waals surface area (Å²) in [7, 11) is 0. The number of benzene rings is 1. The molecule has 0 unspecified atom stereocenters. The summed E-state index contributed by atoms with van der Waals surface area (Å²) in [5, 5.41) is 5.03. The number of aromatic nitrogens is 2. The zero-order valence-electron chi connectivity index (χ0n) is 20.1. The maximum atomic E-state index is 12.9. The van der Waals surface area contributed by atoms with E-state index in [1.165, 1.54) is 29.8 Å². The van der Waals surface area contributed by atoms with Crippen molar-refractivity contribution < 1.29 is 9.53 Å². The lowest BCUT2D eigenvalue weighted by atomic mass is 9.84. The summed E-state index contributed by atoms with van der Waals surface area (Å²) in [6.45, 7) is 7.33. The number of ether oxygens (including phenoxy) is 1. The van der Waals surface area contributed by atoms with Gasteiger partial charge in [0, 0.05) is 47.6 Å². The molecule has 2 aliphatic rings. The molecular formula is C27H34N4O2S. The number of thiazole rings is 1. The van der Waals surface area contributed by atoms with Gasteiger partial charge in [0.25, 0.3) is 11.1 Å². The van der Waals surface area contributed by atoms with Gasteiger partial charge in [-0.05, 0) is 76.6 Å². The van der Waals surface area contributed by atoms with Crippen molar-refractivity contribution in [2.45, 2.75) is 71.1 Å². The molecule has 34 heavy (non-hydrogen) atoms. The summed E-state index contributed by atoms with van der Waals surface area (Å²) in [5.74, 6) is 0.772. The van der Waals surface area contributed by atoms with Gasteiger partial charge in [-0.2, -0.15) is 0 Å². The third kappa shape index (κ3) is 5.41. The first-order chi connectivity index (χ1) is 16.5. The van der Waals surface area contributed by atoms with Crippen LogP contribution in [-0.2, 0) is 13.0 Å². The first-order valence-electron chi connectivity index (χ1n) is 12.6. The number of pyridine rings is 1. The van der Waals surface area contributed by atoms with Crippen molar-refractivity contribution in [1.82, 2.24) is 20.2 Å². The highest BCUT2D eigenvalue weighted by molar-refractivity contribution is 7.13. The van der Waals surface area contributed by atoms with Crippen molar-refractivity contribution in [1.29, 1.82) is 0 Å². The van der Waals surface area contributed by atoms with Crippen LogP contribution in [0.15, 0.2) is 36.5 Å². The van der Waals surface area contributed by atoms with E-state index >= 15 is 0 Å². The summed E-state index contributed by atoms with van der Waals surface area (Å²) in [5.41, 5.74) is 2.82. The molecule has 6 nitrogen and oxygen atoms in total. The number of nitrogens with zero attached hydrogens (tertiary/aromatic N) is 3. The van der Waals surface area contributed by atoms with Crippen LogP contribution in [0, 0.1) is 5.92 Å². The number of nitrogens with one attached hydrogen (secondary N) is 1. The second-order valence-electron chi connectivity index (χ2n) is 9.90. The van der Waals surface area contributed by atoms with Crippen LogP contribution < -0.4 is 10.1 Å². The lowest BCUT2D eigenvalue weighted by molar-refractivity contribution is 0.0921. The molecule has 1 fully saturated rings.